The van der Waals surface area contributed by atoms with Crippen molar-refractivity contribution < 1.29 is 9.47 Å². The van der Waals surface area contributed by atoms with E-state index in [4.69, 9.17) is 9.47 Å². The van der Waals surface area contributed by atoms with Crippen LogP contribution in [0, 0.1) is 0 Å². The van der Waals surface area contributed by atoms with Gasteiger partial charge in [0.1, 0.15) is 11.6 Å². The van der Waals surface area contributed by atoms with Gasteiger partial charge < -0.3 is 19.7 Å². The van der Waals surface area contributed by atoms with Crippen molar-refractivity contribution >= 4 is 23.4 Å². The molecule has 1 N–H and O–H groups in total. The molecular weight excluding hydrogens is 276 g/mol. The van der Waals surface area contributed by atoms with E-state index >= 15 is 0 Å². The average molecular weight is 300 g/mol. The summed E-state index contributed by atoms with van der Waals surface area (Å²) >= 11 is 1.53. The Morgan fingerprint density at radius 3 is 2.65 bits per heavy atom. The largest absolute Gasteiger partial charge is 0.383 e. The molecule has 114 valence electrons. The van der Waals surface area contributed by atoms with Crippen LogP contribution in [-0.4, -0.2) is 63.3 Å². The van der Waals surface area contributed by atoms with Crippen LogP contribution in [0.25, 0.3) is 0 Å². The Kier molecular flexibility index (Phi) is 7.64. The lowest BCUT2D eigenvalue weighted by Crippen LogP contribution is -2.39. The molecule has 0 aromatic carbocycles. The van der Waals surface area contributed by atoms with E-state index in [0.29, 0.717) is 13.2 Å². The third-order valence-corrected chi connectivity index (χ3v) is 3.45. The standard InChI is InChI=1S/C13H24N4O2S/c1-10(9-19-4)17(6-7-18-3)12-8-11(14-2)15-13(16-12)20-5/h8,10H,6-7,9H2,1-5H3,(H,14,15,16). The monoisotopic (exact) mass is 300 g/mol. The smallest absolute Gasteiger partial charge is 0.191 e. The predicted octanol–water partition coefficient (Wildman–Crippen LogP) is 1.73. The molecule has 1 rings (SSSR count). The summed E-state index contributed by atoms with van der Waals surface area (Å²) < 4.78 is 10.4. The van der Waals surface area contributed by atoms with Gasteiger partial charge in [-0.2, -0.15) is 0 Å². The Balaban J connectivity index is 3.04. The second-order valence-electron chi connectivity index (χ2n) is 4.34. The van der Waals surface area contributed by atoms with Gasteiger partial charge in [0, 0.05) is 33.9 Å². The first-order valence-corrected chi connectivity index (χ1v) is 7.74. The second-order valence-corrected chi connectivity index (χ2v) is 5.11. The van der Waals surface area contributed by atoms with Crippen molar-refractivity contribution in [2.75, 3.05) is 57.5 Å². The van der Waals surface area contributed by atoms with Crippen molar-refractivity contribution in [3.05, 3.63) is 6.07 Å². The fraction of sp³-hybridized carbons (Fsp3) is 0.692. The van der Waals surface area contributed by atoms with Crippen molar-refractivity contribution in [3.8, 4) is 0 Å². The zero-order valence-electron chi connectivity index (χ0n) is 12.8. The first-order valence-electron chi connectivity index (χ1n) is 6.51. The Labute approximate surface area is 125 Å². The number of hydrogen-bond acceptors (Lipinski definition) is 7. The van der Waals surface area contributed by atoms with Crippen LogP contribution in [0.15, 0.2) is 11.2 Å². The highest BCUT2D eigenvalue weighted by Crippen LogP contribution is 2.21. The minimum Gasteiger partial charge on any atom is -0.383 e. The van der Waals surface area contributed by atoms with E-state index in [9.17, 15) is 0 Å². The topological polar surface area (TPSA) is 59.5 Å². The van der Waals surface area contributed by atoms with Crippen molar-refractivity contribution in [2.24, 2.45) is 0 Å². The normalized spacial score (nSPS) is 12.2. The quantitative estimate of drug-likeness (QED) is 0.550. The number of nitrogens with zero attached hydrogens (tertiary/aromatic N) is 3. The minimum atomic E-state index is 0.212. The van der Waals surface area contributed by atoms with Gasteiger partial charge in [0.2, 0.25) is 0 Å². The number of aromatic nitrogens is 2. The SMILES string of the molecule is CNc1cc(N(CCOC)C(C)COC)nc(SC)n1. The number of hydrogen-bond donors (Lipinski definition) is 1. The van der Waals surface area contributed by atoms with Crippen LogP contribution in [0.1, 0.15) is 6.92 Å². The van der Waals surface area contributed by atoms with E-state index in [0.717, 1.165) is 23.3 Å². The molecule has 0 bridgehead atoms. The summed E-state index contributed by atoms with van der Waals surface area (Å²) in [7, 11) is 5.26. The van der Waals surface area contributed by atoms with Crippen molar-refractivity contribution in [1.29, 1.82) is 0 Å². The average Bonchev–Trinajstić information content (AvgIpc) is 2.47. The molecule has 1 aromatic rings. The molecule has 0 aliphatic carbocycles. The molecule has 0 amide bonds. The maximum atomic E-state index is 5.25. The fourth-order valence-corrected chi connectivity index (χ4v) is 2.24. The maximum absolute atomic E-state index is 5.25. The Morgan fingerprint density at radius 1 is 1.35 bits per heavy atom. The molecule has 0 saturated carbocycles. The van der Waals surface area contributed by atoms with Gasteiger partial charge in [0.15, 0.2) is 5.16 Å². The highest BCUT2D eigenvalue weighted by atomic mass is 32.2. The van der Waals surface area contributed by atoms with Crippen LogP contribution in [-0.2, 0) is 9.47 Å². The van der Waals surface area contributed by atoms with E-state index in [1.54, 1.807) is 14.2 Å². The Morgan fingerprint density at radius 2 is 2.10 bits per heavy atom. The Hall–Kier alpha value is -1.05. The molecule has 1 unspecified atom stereocenters. The van der Waals surface area contributed by atoms with Crippen LogP contribution in [0.2, 0.25) is 0 Å². The number of ether oxygens (including phenoxy) is 2. The van der Waals surface area contributed by atoms with Crippen LogP contribution in [0.3, 0.4) is 0 Å². The van der Waals surface area contributed by atoms with Crippen molar-refractivity contribution in [3.63, 3.8) is 0 Å². The van der Waals surface area contributed by atoms with E-state index in [1.165, 1.54) is 11.8 Å². The van der Waals surface area contributed by atoms with Gasteiger partial charge in [-0.1, -0.05) is 11.8 Å². The summed E-state index contributed by atoms with van der Waals surface area (Å²) in [6.45, 7) is 4.15. The molecule has 0 fully saturated rings. The predicted molar refractivity (Wildman–Crippen MR) is 83.9 cm³/mol. The lowest BCUT2D eigenvalue weighted by molar-refractivity contribution is 0.170. The number of rotatable bonds is 9. The lowest BCUT2D eigenvalue weighted by atomic mass is 10.3. The Bertz CT molecular complexity index is 384. The van der Waals surface area contributed by atoms with Gasteiger partial charge in [-0.25, -0.2) is 9.97 Å². The van der Waals surface area contributed by atoms with Crippen molar-refractivity contribution in [2.45, 2.75) is 18.1 Å². The van der Waals surface area contributed by atoms with Gasteiger partial charge in [0.25, 0.3) is 0 Å². The second kappa shape index (κ2) is 8.99. The summed E-state index contributed by atoms with van der Waals surface area (Å²) in [6.07, 6.45) is 1.97. The van der Waals surface area contributed by atoms with Crippen molar-refractivity contribution in [1.82, 2.24) is 9.97 Å². The third kappa shape index (κ3) is 4.81. The number of methoxy groups -OCH3 is 2. The van der Waals surface area contributed by atoms with Crippen LogP contribution < -0.4 is 10.2 Å². The van der Waals surface area contributed by atoms with Gasteiger partial charge in [-0.05, 0) is 13.2 Å². The molecule has 1 aromatic heterocycles. The molecule has 0 aliphatic rings. The molecule has 0 aliphatic heterocycles. The van der Waals surface area contributed by atoms with Gasteiger partial charge in [-0.3, -0.25) is 0 Å². The molecule has 0 spiro atoms. The fourth-order valence-electron chi connectivity index (χ4n) is 1.86. The van der Waals surface area contributed by atoms with Crippen LogP contribution in [0.4, 0.5) is 11.6 Å². The first-order chi connectivity index (χ1) is 9.65. The van der Waals surface area contributed by atoms with E-state index in [2.05, 4.69) is 27.1 Å². The summed E-state index contributed by atoms with van der Waals surface area (Å²) in [6, 6.07) is 2.16. The molecule has 1 atom stereocenters. The molecule has 1 heterocycles. The molecule has 0 saturated heterocycles. The molecule has 20 heavy (non-hydrogen) atoms. The zero-order valence-corrected chi connectivity index (χ0v) is 13.7. The summed E-state index contributed by atoms with van der Waals surface area (Å²) in [5.41, 5.74) is 0. The first kappa shape index (κ1) is 17.0. The van der Waals surface area contributed by atoms with Gasteiger partial charge in [-0.15, -0.1) is 0 Å². The maximum Gasteiger partial charge on any atom is 0.191 e. The third-order valence-electron chi connectivity index (χ3n) is 2.90. The lowest BCUT2D eigenvalue weighted by Gasteiger charge is -2.30. The van der Waals surface area contributed by atoms with Crippen LogP contribution >= 0.6 is 11.8 Å². The van der Waals surface area contributed by atoms with E-state index < -0.39 is 0 Å². The summed E-state index contributed by atoms with van der Waals surface area (Å²) in [5, 5.41) is 3.82. The summed E-state index contributed by atoms with van der Waals surface area (Å²) in [4.78, 5) is 11.1. The number of thioether (sulfide) groups is 1. The highest BCUT2D eigenvalue weighted by molar-refractivity contribution is 7.98. The number of nitrogens with one attached hydrogen (secondary N) is 1. The minimum absolute atomic E-state index is 0.212. The molecule has 0 radical (unpaired) electrons. The number of anilines is 2. The highest BCUT2D eigenvalue weighted by Gasteiger charge is 2.17. The zero-order chi connectivity index (χ0) is 15.0. The van der Waals surface area contributed by atoms with E-state index in [1.807, 2.05) is 19.4 Å². The van der Waals surface area contributed by atoms with E-state index in [-0.39, 0.29) is 6.04 Å². The van der Waals surface area contributed by atoms with Crippen LogP contribution in [0.5, 0.6) is 0 Å². The molecular formula is C13H24N4O2S. The summed E-state index contributed by atoms with van der Waals surface area (Å²) in [5.74, 6) is 1.70. The molecule has 6 nitrogen and oxygen atoms in total. The van der Waals surface area contributed by atoms with Gasteiger partial charge >= 0.3 is 0 Å². The molecule has 7 heteroatoms. The van der Waals surface area contributed by atoms with Gasteiger partial charge in [0.05, 0.1) is 19.3 Å².